The third kappa shape index (κ3) is 3.30. The number of benzene rings is 1. The first kappa shape index (κ1) is 17.0. The number of amides is 1. The lowest BCUT2D eigenvalue weighted by Gasteiger charge is -2.31. The van der Waals surface area contributed by atoms with Crippen molar-refractivity contribution in [2.75, 3.05) is 4.72 Å². The fraction of sp³-hybridized carbons (Fsp3) is 0.222. The minimum Gasteiger partial charge on any atom is -0.279 e. The zero-order valence-electron chi connectivity index (χ0n) is 13.8. The van der Waals surface area contributed by atoms with E-state index in [1.807, 2.05) is 0 Å². The van der Waals surface area contributed by atoms with Crippen LogP contribution in [-0.4, -0.2) is 20.0 Å². The molecule has 4 rings (SSSR count). The van der Waals surface area contributed by atoms with Crippen LogP contribution in [0.15, 0.2) is 63.2 Å². The Morgan fingerprint density at radius 1 is 1.19 bits per heavy atom. The van der Waals surface area contributed by atoms with Gasteiger partial charge in [-0.1, -0.05) is 18.2 Å². The Morgan fingerprint density at radius 2 is 2.00 bits per heavy atom. The largest absolute Gasteiger partial charge is 0.279 e. The Hall–Kier alpha value is -2.45. The van der Waals surface area contributed by atoms with E-state index in [9.17, 15) is 13.2 Å². The van der Waals surface area contributed by atoms with Crippen molar-refractivity contribution in [2.24, 2.45) is 16.9 Å². The van der Waals surface area contributed by atoms with Crippen LogP contribution < -0.4 is 10.1 Å². The van der Waals surface area contributed by atoms with Crippen molar-refractivity contribution >= 4 is 38.7 Å². The third-order valence-electron chi connectivity index (χ3n) is 4.61. The SMILES string of the molecule is O=C(N/N=C1/C[C@H]2CC=C[C@@H]12)c1ccc(NS(=O)(=O)c2cccs2)cc1. The molecule has 0 aliphatic heterocycles. The van der Waals surface area contributed by atoms with Gasteiger partial charge in [0.05, 0.1) is 0 Å². The first-order chi connectivity index (χ1) is 12.5. The number of hydrogen-bond acceptors (Lipinski definition) is 5. The second-order valence-corrected chi connectivity index (χ2v) is 9.17. The van der Waals surface area contributed by atoms with Crippen LogP contribution in [0.3, 0.4) is 0 Å². The lowest BCUT2D eigenvalue weighted by molar-refractivity contribution is 0.0954. The summed E-state index contributed by atoms with van der Waals surface area (Å²) in [4.78, 5) is 12.2. The minimum absolute atomic E-state index is 0.245. The van der Waals surface area contributed by atoms with Crippen molar-refractivity contribution in [1.29, 1.82) is 0 Å². The monoisotopic (exact) mass is 387 g/mol. The lowest BCUT2D eigenvalue weighted by Crippen LogP contribution is -2.35. The van der Waals surface area contributed by atoms with E-state index in [2.05, 4.69) is 27.4 Å². The molecule has 134 valence electrons. The Morgan fingerprint density at radius 3 is 2.69 bits per heavy atom. The molecule has 0 saturated heterocycles. The van der Waals surface area contributed by atoms with E-state index in [1.54, 1.807) is 41.8 Å². The summed E-state index contributed by atoms with van der Waals surface area (Å²) in [5.74, 6) is 0.723. The van der Waals surface area contributed by atoms with Gasteiger partial charge in [0, 0.05) is 22.9 Å². The zero-order valence-corrected chi connectivity index (χ0v) is 15.4. The number of nitrogens with one attached hydrogen (secondary N) is 2. The van der Waals surface area contributed by atoms with Gasteiger partial charge in [-0.15, -0.1) is 11.3 Å². The van der Waals surface area contributed by atoms with Crippen LogP contribution in [0.5, 0.6) is 0 Å². The predicted molar refractivity (Wildman–Crippen MR) is 102 cm³/mol. The number of carbonyl (C=O) groups is 1. The van der Waals surface area contributed by atoms with Crippen LogP contribution >= 0.6 is 11.3 Å². The maximum Gasteiger partial charge on any atom is 0.271 e. The summed E-state index contributed by atoms with van der Waals surface area (Å²) < 4.78 is 27.1. The maximum absolute atomic E-state index is 12.2. The zero-order chi connectivity index (χ0) is 18.1. The molecule has 2 aliphatic rings. The van der Waals surface area contributed by atoms with E-state index in [-0.39, 0.29) is 10.1 Å². The Labute approximate surface area is 155 Å². The molecule has 0 unspecified atom stereocenters. The number of thiophene rings is 1. The number of fused-ring (bicyclic) bond motifs is 1. The molecule has 1 saturated carbocycles. The molecule has 8 heteroatoms. The molecule has 1 fully saturated rings. The smallest absolute Gasteiger partial charge is 0.271 e. The molecule has 26 heavy (non-hydrogen) atoms. The summed E-state index contributed by atoms with van der Waals surface area (Å²) in [6.45, 7) is 0. The number of nitrogens with zero attached hydrogens (tertiary/aromatic N) is 1. The summed E-state index contributed by atoms with van der Waals surface area (Å²) in [5, 5.41) is 5.92. The number of hydrazone groups is 1. The normalized spacial score (nSPS) is 22.7. The average molecular weight is 387 g/mol. The molecule has 2 atom stereocenters. The van der Waals surface area contributed by atoms with Gasteiger partial charge in [-0.05, 0) is 54.5 Å². The number of anilines is 1. The molecule has 1 aromatic heterocycles. The van der Waals surface area contributed by atoms with Crippen LogP contribution in [0.1, 0.15) is 23.2 Å². The van der Waals surface area contributed by atoms with Gasteiger partial charge in [-0.3, -0.25) is 9.52 Å². The fourth-order valence-electron chi connectivity index (χ4n) is 3.16. The van der Waals surface area contributed by atoms with E-state index in [1.165, 1.54) is 0 Å². The number of carbonyl (C=O) groups excluding carboxylic acids is 1. The summed E-state index contributed by atoms with van der Waals surface area (Å²) in [5.41, 5.74) is 4.42. The second-order valence-electron chi connectivity index (χ2n) is 6.31. The average Bonchev–Trinajstić information content (AvgIpc) is 3.26. The van der Waals surface area contributed by atoms with E-state index in [0.717, 1.165) is 29.9 Å². The van der Waals surface area contributed by atoms with Gasteiger partial charge >= 0.3 is 0 Å². The molecular formula is C18H17N3O3S2. The van der Waals surface area contributed by atoms with E-state index >= 15 is 0 Å². The van der Waals surface area contributed by atoms with E-state index in [0.29, 0.717) is 23.1 Å². The van der Waals surface area contributed by atoms with Gasteiger partial charge in [0.15, 0.2) is 0 Å². The molecule has 1 heterocycles. The van der Waals surface area contributed by atoms with Crippen LogP contribution in [0.4, 0.5) is 5.69 Å². The van der Waals surface area contributed by atoms with Crippen LogP contribution in [-0.2, 0) is 10.0 Å². The molecule has 1 amide bonds. The van der Waals surface area contributed by atoms with Gasteiger partial charge < -0.3 is 0 Å². The topological polar surface area (TPSA) is 87.6 Å². The Bertz CT molecular complexity index is 977. The first-order valence-electron chi connectivity index (χ1n) is 8.23. The van der Waals surface area contributed by atoms with Crippen molar-refractivity contribution in [3.63, 3.8) is 0 Å². The van der Waals surface area contributed by atoms with Gasteiger partial charge in [0.1, 0.15) is 4.21 Å². The van der Waals surface area contributed by atoms with Crippen LogP contribution in [0.2, 0.25) is 0 Å². The minimum atomic E-state index is -3.59. The number of allylic oxidation sites excluding steroid dienone is 2. The van der Waals surface area contributed by atoms with Crippen molar-refractivity contribution in [2.45, 2.75) is 17.1 Å². The van der Waals surface area contributed by atoms with E-state index in [4.69, 9.17) is 0 Å². The van der Waals surface area contributed by atoms with Crippen LogP contribution in [0, 0.1) is 11.8 Å². The number of sulfonamides is 1. The highest BCUT2D eigenvalue weighted by molar-refractivity contribution is 7.94. The Balaban J connectivity index is 1.39. The molecule has 0 spiro atoms. The predicted octanol–water partition coefficient (Wildman–Crippen LogP) is 3.23. The molecule has 0 bridgehead atoms. The van der Waals surface area contributed by atoms with Crippen molar-refractivity contribution in [3.05, 3.63) is 59.5 Å². The van der Waals surface area contributed by atoms with Gasteiger partial charge in [0.25, 0.3) is 15.9 Å². The molecule has 2 aromatic rings. The lowest BCUT2D eigenvalue weighted by atomic mass is 9.74. The summed E-state index contributed by atoms with van der Waals surface area (Å²) in [6.07, 6.45) is 6.34. The third-order valence-corrected chi connectivity index (χ3v) is 7.39. The Kier molecular flexibility index (Phi) is 4.37. The maximum atomic E-state index is 12.2. The molecule has 6 nitrogen and oxygen atoms in total. The standard InChI is InChI=1S/C18H17N3O3S2/c22-18(20-19-16-11-13-3-1-4-15(13)16)12-6-8-14(9-7-12)21-26(23,24)17-5-2-10-25-17/h1-2,4-10,13,15,21H,3,11H2,(H,20,22)/b19-16-/t13-,15-/m1/s1. The molecular weight excluding hydrogens is 370 g/mol. The van der Waals surface area contributed by atoms with Crippen molar-refractivity contribution in [1.82, 2.24) is 5.43 Å². The summed E-state index contributed by atoms with van der Waals surface area (Å²) >= 11 is 1.15. The van der Waals surface area contributed by atoms with Crippen molar-refractivity contribution < 1.29 is 13.2 Å². The molecule has 2 N–H and O–H groups in total. The number of hydrogen-bond donors (Lipinski definition) is 2. The highest BCUT2D eigenvalue weighted by Gasteiger charge is 2.37. The van der Waals surface area contributed by atoms with Gasteiger partial charge in [0.2, 0.25) is 0 Å². The quantitative estimate of drug-likeness (QED) is 0.610. The van der Waals surface area contributed by atoms with Gasteiger partial charge in [-0.25, -0.2) is 13.8 Å². The first-order valence-corrected chi connectivity index (χ1v) is 10.6. The molecule has 2 aliphatic carbocycles. The summed E-state index contributed by atoms with van der Waals surface area (Å²) in [7, 11) is -3.59. The fourth-order valence-corrected chi connectivity index (χ4v) is 5.21. The van der Waals surface area contributed by atoms with E-state index < -0.39 is 10.0 Å². The molecule has 0 radical (unpaired) electrons. The second kappa shape index (κ2) is 6.69. The molecule has 1 aromatic carbocycles. The summed E-state index contributed by atoms with van der Waals surface area (Å²) in [6, 6.07) is 9.48. The van der Waals surface area contributed by atoms with Crippen LogP contribution in [0.25, 0.3) is 0 Å². The van der Waals surface area contributed by atoms with Gasteiger partial charge in [-0.2, -0.15) is 5.10 Å². The highest BCUT2D eigenvalue weighted by atomic mass is 32.2. The van der Waals surface area contributed by atoms with Crippen molar-refractivity contribution in [3.8, 4) is 0 Å². The highest BCUT2D eigenvalue weighted by Crippen LogP contribution is 2.40. The number of rotatable bonds is 5.